The van der Waals surface area contributed by atoms with Crippen molar-refractivity contribution in [1.82, 2.24) is 5.32 Å². The molecular formula is C15H12N3S. The number of anilines is 2. The quantitative estimate of drug-likeness (QED) is 0.671. The Balaban J connectivity index is 1.96. The van der Waals surface area contributed by atoms with E-state index in [1.54, 1.807) is 0 Å². The van der Waals surface area contributed by atoms with E-state index in [1.807, 2.05) is 65.7 Å². The highest BCUT2D eigenvalue weighted by Gasteiger charge is 2.21. The summed E-state index contributed by atoms with van der Waals surface area (Å²) in [6, 6.07) is 17.6. The van der Waals surface area contributed by atoms with Gasteiger partial charge in [-0.1, -0.05) is 36.4 Å². The van der Waals surface area contributed by atoms with Gasteiger partial charge in [-0.05, 0) is 30.4 Å². The molecule has 2 N–H and O–H groups in total. The first kappa shape index (κ1) is 11.7. The third-order valence-electron chi connectivity index (χ3n) is 2.89. The largest absolute Gasteiger partial charge is 0.399 e. The van der Waals surface area contributed by atoms with E-state index in [1.165, 1.54) is 0 Å². The van der Waals surface area contributed by atoms with Crippen LogP contribution in [-0.2, 0) is 0 Å². The predicted molar refractivity (Wildman–Crippen MR) is 82.5 cm³/mol. The maximum absolute atomic E-state index is 5.80. The summed E-state index contributed by atoms with van der Waals surface area (Å²) in [5, 5.41) is 4.96. The van der Waals surface area contributed by atoms with Gasteiger partial charge < -0.3 is 5.73 Å². The molecule has 4 heteroatoms. The van der Waals surface area contributed by atoms with Crippen molar-refractivity contribution in [1.29, 1.82) is 0 Å². The Morgan fingerprint density at radius 1 is 1.00 bits per heavy atom. The van der Waals surface area contributed by atoms with Gasteiger partial charge >= 0.3 is 0 Å². The predicted octanol–water partition coefficient (Wildman–Crippen LogP) is 2.98. The van der Waals surface area contributed by atoms with Crippen LogP contribution in [0, 0.1) is 0 Å². The maximum atomic E-state index is 5.80. The average Bonchev–Trinajstić information content (AvgIpc) is 2.82. The van der Waals surface area contributed by atoms with E-state index in [9.17, 15) is 0 Å². The van der Waals surface area contributed by atoms with E-state index in [4.69, 9.17) is 18.0 Å². The molecule has 93 valence electrons. The fourth-order valence-corrected chi connectivity index (χ4v) is 2.23. The molecule has 0 unspecified atom stereocenters. The Morgan fingerprint density at radius 3 is 2.53 bits per heavy atom. The van der Waals surface area contributed by atoms with E-state index < -0.39 is 0 Å². The monoisotopic (exact) mass is 266 g/mol. The molecule has 1 heterocycles. The summed E-state index contributed by atoms with van der Waals surface area (Å²) in [6.07, 6.45) is 1.94. The highest BCUT2D eigenvalue weighted by Crippen LogP contribution is 2.26. The van der Waals surface area contributed by atoms with Gasteiger partial charge in [0.05, 0.1) is 5.70 Å². The lowest BCUT2D eigenvalue weighted by atomic mass is 10.2. The molecule has 0 atom stereocenters. The Bertz CT molecular complexity index is 649. The van der Waals surface area contributed by atoms with Crippen LogP contribution in [0.3, 0.4) is 0 Å². The first-order valence-electron chi connectivity index (χ1n) is 5.92. The molecule has 0 aliphatic carbocycles. The number of hydrogen-bond donors (Lipinski definition) is 1. The minimum atomic E-state index is 0.532. The molecule has 19 heavy (non-hydrogen) atoms. The average molecular weight is 266 g/mol. The number of hydrogen-bond acceptors (Lipinski definition) is 2. The van der Waals surface area contributed by atoms with E-state index in [-0.39, 0.29) is 0 Å². The lowest BCUT2D eigenvalue weighted by Crippen LogP contribution is -2.23. The zero-order valence-electron chi connectivity index (χ0n) is 10.2. The van der Waals surface area contributed by atoms with Crippen molar-refractivity contribution in [3.05, 3.63) is 66.4 Å². The summed E-state index contributed by atoms with van der Waals surface area (Å²) in [4.78, 5) is 1.87. The first-order chi connectivity index (χ1) is 9.24. The highest BCUT2D eigenvalue weighted by molar-refractivity contribution is 7.80. The first-order valence-corrected chi connectivity index (χ1v) is 6.32. The van der Waals surface area contributed by atoms with Gasteiger partial charge in [0, 0.05) is 23.1 Å². The molecule has 3 nitrogen and oxygen atoms in total. The second-order valence-corrected chi connectivity index (χ2v) is 4.60. The minimum Gasteiger partial charge on any atom is -0.399 e. The second kappa shape index (κ2) is 4.74. The van der Waals surface area contributed by atoms with Crippen LogP contribution < -0.4 is 16.0 Å². The Labute approximate surface area is 117 Å². The van der Waals surface area contributed by atoms with Crippen molar-refractivity contribution >= 4 is 34.4 Å². The zero-order valence-corrected chi connectivity index (χ0v) is 11.0. The Morgan fingerprint density at radius 2 is 1.79 bits per heavy atom. The summed E-state index contributed by atoms with van der Waals surface area (Å²) >= 11 is 5.31. The maximum Gasteiger partial charge on any atom is 0.204 e. The van der Waals surface area contributed by atoms with E-state index in [0.717, 1.165) is 16.9 Å². The van der Waals surface area contributed by atoms with Crippen molar-refractivity contribution in [2.45, 2.75) is 0 Å². The van der Waals surface area contributed by atoms with Gasteiger partial charge in [-0.15, -0.1) is 0 Å². The van der Waals surface area contributed by atoms with Crippen LogP contribution in [0.4, 0.5) is 11.4 Å². The second-order valence-electron chi connectivity index (χ2n) is 4.24. The lowest BCUT2D eigenvalue weighted by Gasteiger charge is -2.14. The van der Waals surface area contributed by atoms with Gasteiger partial charge in [0.2, 0.25) is 5.11 Å². The van der Waals surface area contributed by atoms with Crippen molar-refractivity contribution in [2.75, 3.05) is 10.6 Å². The van der Waals surface area contributed by atoms with Crippen LogP contribution in [0.25, 0.3) is 5.70 Å². The van der Waals surface area contributed by atoms with Gasteiger partial charge in [0.25, 0.3) is 0 Å². The van der Waals surface area contributed by atoms with Crippen molar-refractivity contribution < 1.29 is 0 Å². The summed E-state index contributed by atoms with van der Waals surface area (Å²) in [7, 11) is 0. The molecule has 0 saturated carbocycles. The van der Waals surface area contributed by atoms with Crippen molar-refractivity contribution in [2.24, 2.45) is 0 Å². The zero-order chi connectivity index (χ0) is 13.2. The van der Waals surface area contributed by atoms with Crippen LogP contribution in [0.5, 0.6) is 0 Å². The van der Waals surface area contributed by atoms with E-state index in [2.05, 4.69) is 5.32 Å². The third-order valence-corrected chi connectivity index (χ3v) is 3.18. The molecule has 2 aromatic rings. The number of nitrogens with zero attached hydrogens (tertiary/aromatic N) is 2. The Hall–Kier alpha value is -2.33. The summed E-state index contributed by atoms with van der Waals surface area (Å²) in [5.41, 5.74) is 9.36. The number of benzene rings is 2. The molecule has 1 aliphatic heterocycles. The molecule has 1 radical (unpaired) electrons. The van der Waals surface area contributed by atoms with Crippen LogP contribution in [0.1, 0.15) is 5.56 Å². The summed E-state index contributed by atoms with van der Waals surface area (Å²) < 4.78 is 0. The van der Waals surface area contributed by atoms with Crippen LogP contribution in [0.2, 0.25) is 0 Å². The van der Waals surface area contributed by atoms with Gasteiger partial charge in [-0.25, -0.2) is 5.32 Å². The van der Waals surface area contributed by atoms with Gasteiger partial charge in [0.15, 0.2) is 0 Å². The van der Waals surface area contributed by atoms with Gasteiger partial charge in [-0.2, -0.15) is 0 Å². The topological polar surface area (TPSA) is 43.4 Å². The fraction of sp³-hybridized carbons (Fsp3) is 0. The van der Waals surface area contributed by atoms with Crippen molar-refractivity contribution in [3.63, 3.8) is 0 Å². The molecule has 0 fully saturated rings. The molecule has 0 aromatic heterocycles. The molecular weight excluding hydrogens is 254 g/mol. The molecule has 0 bridgehead atoms. The molecule has 0 amide bonds. The van der Waals surface area contributed by atoms with Gasteiger partial charge in [0.1, 0.15) is 0 Å². The molecule has 3 rings (SSSR count). The lowest BCUT2D eigenvalue weighted by molar-refractivity contribution is 1.30. The van der Waals surface area contributed by atoms with Crippen LogP contribution >= 0.6 is 12.2 Å². The fourth-order valence-electron chi connectivity index (χ4n) is 1.97. The normalized spacial score (nSPS) is 14.2. The molecule has 0 spiro atoms. The SMILES string of the molecule is Nc1cccc(N2C=C(c3ccccc3)[N]C2=S)c1. The van der Waals surface area contributed by atoms with Gasteiger partial charge in [-0.3, -0.25) is 4.90 Å². The molecule has 0 saturated heterocycles. The smallest absolute Gasteiger partial charge is 0.204 e. The number of thiocarbonyl (C=S) groups is 1. The minimum absolute atomic E-state index is 0.532. The van der Waals surface area contributed by atoms with E-state index in [0.29, 0.717) is 10.8 Å². The summed E-state index contributed by atoms with van der Waals surface area (Å²) in [5.74, 6) is 0. The van der Waals surface area contributed by atoms with Crippen molar-refractivity contribution in [3.8, 4) is 0 Å². The molecule has 2 aromatic carbocycles. The molecule has 1 aliphatic rings. The Kier molecular flexibility index (Phi) is 2.93. The van der Waals surface area contributed by atoms with Crippen LogP contribution in [0.15, 0.2) is 60.8 Å². The third kappa shape index (κ3) is 2.30. The van der Waals surface area contributed by atoms with E-state index >= 15 is 0 Å². The summed E-state index contributed by atoms with van der Waals surface area (Å²) in [6.45, 7) is 0. The standard InChI is InChI=1S/C15H12N3S/c16-12-7-4-8-13(9-12)18-10-14(17-15(18)19)11-5-2-1-3-6-11/h1-10H,16H2. The highest BCUT2D eigenvalue weighted by atomic mass is 32.1. The number of nitrogen functional groups attached to an aromatic ring is 1. The van der Waals surface area contributed by atoms with Crippen LogP contribution in [-0.4, -0.2) is 5.11 Å². The number of nitrogens with two attached hydrogens (primary N) is 1. The number of rotatable bonds is 2.